The number of rotatable bonds is 7. The molecular formula is C24H21ClF4N4O3. The van der Waals surface area contributed by atoms with Crippen molar-refractivity contribution in [3.05, 3.63) is 58.4 Å². The van der Waals surface area contributed by atoms with Crippen LogP contribution in [0.3, 0.4) is 0 Å². The number of nitrogens with zero attached hydrogens (tertiary/aromatic N) is 3. The van der Waals surface area contributed by atoms with E-state index in [1.54, 1.807) is 6.07 Å². The van der Waals surface area contributed by atoms with Gasteiger partial charge in [0.25, 0.3) is 5.91 Å². The van der Waals surface area contributed by atoms with E-state index >= 15 is 0 Å². The summed E-state index contributed by atoms with van der Waals surface area (Å²) in [6.07, 6.45) is -3.14. The first kappa shape index (κ1) is 25.8. The first-order valence-corrected chi connectivity index (χ1v) is 11.2. The number of alkyl halides is 3. The van der Waals surface area contributed by atoms with Crippen molar-refractivity contribution in [3.63, 3.8) is 0 Å². The van der Waals surface area contributed by atoms with Crippen molar-refractivity contribution >= 4 is 17.5 Å². The van der Waals surface area contributed by atoms with Crippen LogP contribution in [-0.4, -0.2) is 44.9 Å². The van der Waals surface area contributed by atoms with Crippen molar-refractivity contribution in [3.8, 4) is 28.8 Å². The van der Waals surface area contributed by atoms with Gasteiger partial charge < -0.3 is 15.2 Å². The fourth-order valence-electron chi connectivity index (χ4n) is 3.55. The summed E-state index contributed by atoms with van der Waals surface area (Å²) in [5.41, 5.74) is -1.36. The minimum Gasteiger partial charge on any atom is -0.479 e. The molecule has 2 N–H and O–H groups in total. The maximum Gasteiger partial charge on any atom is 0.426 e. The molecule has 1 heterocycles. The highest BCUT2D eigenvalue weighted by Crippen LogP contribution is 2.42. The molecule has 0 spiro atoms. The van der Waals surface area contributed by atoms with Gasteiger partial charge in [-0.25, -0.2) is 9.37 Å². The molecule has 0 aliphatic heterocycles. The second kappa shape index (κ2) is 9.62. The van der Waals surface area contributed by atoms with Gasteiger partial charge in [0.1, 0.15) is 5.82 Å². The molecule has 1 atom stereocenters. The molecule has 2 aromatic carbocycles. The largest absolute Gasteiger partial charge is 0.479 e. The monoisotopic (exact) mass is 524 g/mol. The van der Waals surface area contributed by atoms with Crippen molar-refractivity contribution in [1.29, 1.82) is 0 Å². The number of nitrogens with one attached hydrogen (secondary N) is 1. The van der Waals surface area contributed by atoms with Crippen molar-refractivity contribution < 1.29 is 32.2 Å². The van der Waals surface area contributed by atoms with Gasteiger partial charge in [-0.05, 0) is 67.1 Å². The molecule has 1 aliphatic rings. The Balaban J connectivity index is 1.62. The van der Waals surface area contributed by atoms with Gasteiger partial charge in [-0.3, -0.25) is 4.79 Å². The lowest BCUT2D eigenvalue weighted by molar-refractivity contribution is -0.253. The number of hydrogen-bond acceptors (Lipinski definition) is 6. The number of aromatic nitrogens is 3. The molecule has 0 radical (unpaired) electrons. The SMILES string of the molecule is CO[C@](C)(C(=O)NCc1ccc(Cl)c(-c2nc(O)nc(-c3ccc(F)c(C4CC4)c3)n2)c1)C(F)(F)F. The first-order chi connectivity index (χ1) is 16.9. The molecule has 36 heavy (non-hydrogen) atoms. The van der Waals surface area contributed by atoms with Gasteiger partial charge >= 0.3 is 12.2 Å². The number of hydrogen-bond donors (Lipinski definition) is 2. The van der Waals surface area contributed by atoms with Crippen LogP contribution in [0.2, 0.25) is 5.02 Å². The smallest absolute Gasteiger partial charge is 0.426 e. The van der Waals surface area contributed by atoms with Crippen LogP contribution in [0.25, 0.3) is 22.8 Å². The van der Waals surface area contributed by atoms with Gasteiger partial charge in [0.05, 0.1) is 5.02 Å². The highest BCUT2D eigenvalue weighted by atomic mass is 35.5. The zero-order valence-corrected chi connectivity index (χ0v) is 19.9. The van der Waals surface area contributed by atoms with Gasteiger partial charge in [-0.2, -0.15) is 23.1 Å². The number of halogens is 5. The lowest BCUT2D eigenvalue weighted by Crippen LogP contribution is -2.55. The topological polar surface area (TPSA) is 97.2 Å². The number of ether oxygens (including phenoxy) is 1. The number of carbonyl (C=O) groups is 1. The van der Waals surface area contributed by atoms with E-state index in [1.807, 2.05) is 0 Å². The van der Waals surface area contributed by atoms with E-state index in [0.29, 0.717) is 23.6 Å². The number of methoxy groups -OCH3 is 1. The van der Waals surface area contributed by atoms with Crippen molar-refractivity contribution in [2.24, 2.45) is 0 Å². The predicted octanol–water partition coefficient (Wildman–Crippen LogP) is 5.16. The molecule has 190 valence electrons. The zero-order valence-electron chi connectivity index (χ0n) is 19.2. The standard InChI is InChI=1S/C24H21ClF4N4O3/c1-23(36-2,24(27,28)29)21(34)30-11-12-3-7-17(25)16(9-12)20-31-19(32-22(35)33-20)14-6-8-18(26)15(10-14)13-4-5-13/h3,6-10,13H,4-5,11H2,1-2H3,(H,30,34)(H,31,32,33,35)/t23-/m1/s1. The Morgan fingerprint density at radius 1 is 1.14 bits per heavy atom. The molecule has 4 rings (SSSR count). The van der Waals surface area contributed by atoms with Gasteiger partial charge in [-0.1, -0.05) is 17.7 Å². The predicted molar refractivity (Wildman–Crippen MR) is 123 cm³/mol. The van der Waals surface area contributed by atoms with Crippen LogP contribution >= 0.6 is 11.6 Å². The van der Waals surface area contributed by atoms with E-state index in [1.165, 1.54) is 30.3 Å². The molecular weight excluding hydrogens is 504 g/mol. The number of benzene rings is 2. The highest BCUT2D eigenvalue weighted by Gasteiger charge is 2.57. The minimum absolute atomic E-state index is 0.00926. The van der Waals surface area contributed by atoms with Gasteiger partial charge in [0.2, 0.25) is 5.60 Å². The molecule has 1 aromatic heterocycles. The summed E-state index contributed by atoms with van der Waals surface area (Å²) in [7, 11) is 0.799. The van der Waals surface area contributed by atoms with Crippen LogP contribution in [0.15, 0.2) is 36.4 Å². The van der Waals surface area contributed by atoms with E-state index in [4.69, 9.17) is 11.6 Å². The van der Waals surface area contributed by atoms with Crippen LogP contribution in [0.4, 0.5) is 17.6 Å². The molecule has 1 amide bonds. The number of carbonyl (C=O) groups excluding carboxylic acids is 1. The van der Waals surface area contributed by atoms with Crippen LogP contribution in [0, 0.1) is 5.82 Å². The molecule has 3 aromatic rings. The Bertz CT molecular complexity index is 1320. The summed E-state index contributed by atoms with van der Waals surface area (Å²) in [6, 6.07) is 8.28. The summed E-state index contributed by atoms with van der Waals surface area (Å²) in [5, 5.41) is 12.5. The summed E-state index contributed by atoms with van der Waals surface area (Å²) in [5.74, 6) is -1.47. The Morgan fingerprint density at radius 2 is 1.83 bits per heavy atom. The second-order valence-electron chi connectivity index (χ2n) is 8.53. The lowest BCUT2D eigenvalue weighted by Gasteiger charge is -2.29. The van der Waals surface area contributed by atoms with E-state index in [-0.39, 0.29) is 40.5 Å². The zero-order chi connectivity index (χ0) is 26.3. The summed E-state index contributed by atoms with van der Waals surface area (Å²) in [6.45, 7) is 0.361. The number of aromatic hydroxyl groups is 1. The number of amides is 1. The van der Waals surface area contributed by atoms with Crippen molar-refractivity contribution in [2.75, 3.05) is 7.11 Å². The second-order valence-corrected chi connectivity index (χ2v) is 8.93. The van der Waals surface area contributed by atoms with E-state index in [9.17, 15) is 27.5 Å². The maximum atomic E-state index is 14.2. The summed E-state index contributed by atoms with van der Waals surface area (Å²) in [4.78, 5) is 24.4. The van der Waals surface area contributed by atoms with Crippen LogP contribution in [-0.2, 0) is 16.1 Å². The molecule has 12 heteroatoms. The normalized spacial score (nSPS) is 15.4. The van der Waals surface area contributed by atoms with Crippen molar-refractivity contribution in [2.45, 2.75) is 44.0 Å². The summed E-state index contributed by atoms with van der Waals surface area (Å²) >= 11 is 6.31. The Labute approximate surface area is 208 Å². The summed E-state index contributed by atoms with van der Waals surface area (Å²) < 4.78 is 58.4. The van der Waals surface area contributed by atoms with Crippen LogP contribution in [0.1, 0.15) is 36.8 Å². The molecule has 7 nitrogen and oxygen atoms in total. The molecule has 0 saturated heterocycles. The Morgan fingerprint density at radius 3 is 2.47 bits per heavy atom. The Kier molecular flexibility index (Phi) is 6.89. The molecule has 0 bridgehead atoms. The highest BCUT2D eigenvalue weighted by molar-refractivity contribution is 6.33. The van der Waals surface area contributed by atoms with Gasteiger partial charge in [0.15, 0.2) is 11.6 Å². The molecule has 1 aliphatic carbocycles. The van der Waals surface area contributed by atoms with Gasteiger partial charge in [-0.15, -0.1) is 0 Å². The fourth-order valence-corrected chi connectivity index (χ4v) is 3.75. The molecule has 0 unspecified atom stereocenters. The quantitative estimate of drug-likeness (QED) is 0.414. The average molecular weight is 525 g/mol. The average Bonchev–Trinajstić information content (AvgIpc) is 3.67. The fraction of sp³-hybridized carbons (Fsp3) is 0.333. The molecule has 1 fully saturated rings. The third-order valence-corrected chi connectivity index (χ3v) is 6.33. The van der Waals surface area contributed by atoms with Crippen LogP contribution < -0.4 is 5.32 Å². The minimum atomic E-state index is -4.92. The van der Waals surface area contributed by atoms with Crippen LogP contribution in [0.5, 0.6) is 6.01 Å². The third-order valence-electron chi connectivity index (χ3n) is 6.00. The lowest BCUT2D eigenvalue weighted by atomic mass is 10.0. The third kappa shape index (κ3) is 5.12. The van der Waals surface area contributed by atoms with Gasteiger partial charge in [0, 0.05) is 24.8 Å². The maximum absolute atomic E-state index is 14.2. The first-order valence-electron chi connectivity index (χ1n) is 10.9. The molecule has 1 saturated carbocycles. The van der Waals surface area contributed by atoms with E-state index < -0.39 is 23.7 Å². The Hall–Kier alpha value is -3.31. The van der Waals surface area contributed by atoms with E-state index in [0.717, 1.165) is 20.0 Å². The van der Waals surface area contributed by atoms with Crippen molar-refractivity contribution in [1.82, 2.24) is 20.3 Å². The van der Waals surface area contributed by atoms with E-state index in [2.05, 4.69) is 25.0 Å².